The number of hydrogen-bond acceptors (Lipinski definition) is 3. The van der Waals surface area contributed by atoms with Gasteiger partial charge in [-0.2, -0.15) is 13.2 Å². The molecule has 1 unspecified atom stereocenters. The van der Waals surface area contributed by atoms with Crippen LogP contribution in [0.15, 0.2) is 0 Å². The summed E-state index contributed by atoms with van der Waals surface area (Å²) in [7, 11) is -4.68. The van der Waals surface area contributed by atoms with Gasteiger partial charge in [-0.1, -0.05) is 20.8 Å². The van der Waals surface area contributed by atoms with Crippen LogP contribution in [0.4, 0.5) is 13.2 Å². The Labute approximate surface area is 98.7 Å². The maximum atomic E-state index is 12.8. The van der Waals surface area contributed by atoms with Crippen LogP contribution < -0.4 is 0 Å². The number of hydrogen-bond donors (Lipinski definition) is 1. The highest BCUT2D eigenvalue weighted by Gasteiger charge is 2.57. The second-order valence-electron chi connectivity index (χ2n) is 3.59. The molecule has 1 N–H and O–H groups in total. The Bertz CT molecular complexity index is 276. The Morgan fingerprint density at radius 1 is 1.18 bits per heavy atom. The van der Waals surface area contributed by atoms with E-state index in [1.54, 1.807) is 6.92 Å². The zero-order valence-electron chi connectivity index (χ0n) is 10.1. The van der Waals surface area contributed by atoms with Gasteiger partial charge in [-0.15, -0.1) is 0 Å². The number of phosphoric ester groups is 1. The molecule has 0 aromatic carbocycles. The highest BCUT2D eigenvalue weighted by Crippen LogP contribution is 2.53. The van der Waals surface area contributed by atoms with Gasteiger partial charge in [0.05, 0.1) is 6.61 Å². The number of phosphoric acid groups is 1. The molecule has 0 amide bonds. The zero-order chi connectivity index (χ0) is 13.7. The summed E-state index contributed by atoms with van der Waals surface area (Å²) in [6, 6.07) is 0. The fraction of sp³-hybridized carbons (Fsp3) is 1.00. The zero-order valence-corrected chi connectivity index (χ0v) is 11.0. The lowest BCUT2D eigenvalue weighted by molar-refractivity contribution is -0.255. The number of alkyl halides is 3. The number of halogens is 3. The van der Waals surface area contributed by atoms with Gasteiger partial charge in [0.25, 0.3) is 0 Å². The molecule has 104 valence electrons. The molecule has 0 fully saturated rings. The van der Waals surface area contributed by atoms with E-state index >= 15 is 0 Å². The van der Waals surface area contributed by atoms with Crippen LogP contribution in [0.5, 0.6) is 0 Å². The van der Waals surface area contributed by atoms with Gasteiger partial charge >= 0.3 is 14.0 Å². The van der Waals surface area contributed by atoms with Crippen molar-refractivity contribution < 1.29 is 31.7 Å². The van der Waals surface area contributed by atoms with E-state index in [1.165, 1.54) is 13.8 Å². The van der Waals surface area contributed by atoms with Crippen LogP contribution in [0.1, 0.15) is 40.0 Å². The van der Waals surface area contributed by atoms with Crippen molar-refractivity contribution in [2.24, 2.45) is 0 Å². The first-order valence-electron chi connectivity index (χ1n) is 5.39. The highest BCUT2D eigenvalue weighted by atomic mass is 31.2. The van der Waals surface area contributed by atoms with Gasteiger partial charge in [0.2, 0.25) is 0 Å². The first kappa shape index (κ1) is 16.9. The van der Waals surface area contributed by atoms with Crippen molar-refractivity contribution in [2.45, 2.75) is 51.8 Å². The topological polar surface area (TPSA) is 55.8 Å². The van der Waals surface area contributed by atoms with E-state index in [-0.39, 0.29) is 6.61 Å². The Morgan fingerprint density at radius 3 is 1.94 bits per heavy atom. The van der Waals surface area contributed by atoms with Crippen molar-refractivity contribution in [1.29, 1.82) is 0 Å². The molecule has 4 nitrogen and oxygen atoms in total. The molecule has 0 bridgehead atoms. The molecule has 0 saturated heterocycles. The van der Waals surface area contributed by atoms with Crippen LogP contribution in [0, 0.1) is 0 Å². The van der Waals surface area contributed by atoms with Crippen molar-refractivity contribution in [1.82, 2.24) is 0 Å². The summed E-state index contributed by atoms with van der Waals surface area (Å²) >= 11 is 0. The molecule has 8 heteroatoms. The molecule has 0 aliphatic heterocycles. The van der Waals surface area contributed by atoms with E-state index < -0.39 is 32.4 Å². The van der Waals surface area contributed by atoms with E-state index in [0.29, 0.717) is 6.42 Å². The average molecular weight is 278 g/mol. The highest BCUT2D eigenvalue weighted by molar-refractivity contribution is 7.47. The predicted octanol–water partition coefficient (Wildman–Crippen LogP) is 3.65. The Hall–Kier alpha value is -0.100. The van der Waals surface area contributed by atoms with E-state index in [1.807, 2.05) is 0 Å². The minimum Gasteiger partial charge on any atom is -0.302 e. The van der Waals surface area contributed by atoms with Gasteiger partial charge in [0.15, 0.2) is 5.60 Å². The third kappa shape index (κ3) is 4.58. The van der Waals surface area contributed by atoms with E-state index in [2.05, 4.69) is 9.05 Å². The van der Waals surface area contributed by atoms with Crippen molar-refractivity contribution >= 4 is 7.82 Å². The van der Waals surface area contributed by atoms with Gasteiger partial charge in [-0.3, -0.25) is 9.05 Å². The predicted molar refractivity (Wildman–Crippen MR) is 56.5 cm³/mol. The lowest BCUT2D eigenvalue weighted by Gasteiger charge is -2.34. The van der Waals surface area contributed by atoms with Crippen molar-refractivity contribution in [3.05, 3.63) is 0 Å². The van der Waals surface area contributed by atoms with E-state index in [0.717, 1.165) is 0 Å². The molecule has 0 aliphatic carbocycles. The fourth-order valence-corrected chi connectivity index (χ4v) is 2.55. The van der Waals surface area contributed by atoms with Gasteiger partial charge in [0, 0.05) is 0 Å². The van der Waals surface area contributed by atoms with Crippen LogP contribution in [0.25, 0.3) is 0 Å². The molecule has 0 heterocycles. The summed E-state index contributed by atoms with van der Waals surface area (Å²) in [5, 5.41) is 0. The van der Waals surface area contributed by atoms with Gasteiger partial charge in [-0.25, -0.2) is 4.57 Å². The quantitative estimate of drug-likeness (QED) is 0.722. The van der Waals surface area contributed by atoms with Crippen LogP contribution in [-0.4, -0.2) is 23.3 Å². The monoisotopic (exact) mass is 278 g/mol. The second-order valence-corrected chi connectivity index (χ2v) is 4.97. The lowest BCUT2D eigenvalue weighted by Crippen LogP contribution is -2.46. The summed E-state index contributed by atoms with van der Waals surface area (Å²) in [5.41, 5.74) is -2.63. The van der Waals surface area contributed by atoms with E-state index in [4.69, 9.17) is 0 Å². The van der Waals surface area contributed by atoms with Gasteiger partial charge in [0.1, 0.15) is 0 Å². The second kappa shape index (κ2) is 6.18. The van der Waals surface area contributed by atoms with Crippen LogP contribution in [-0.2, 0) is 13.6 Å². The van der Waals surface area contributed by atoms with Gasteiger partial charge < -0.3 is 4.89 Å². The normalized spacial score (nSPS) is 16.9. The molecular formula is C9H18F3O4P. The molecule has 0 radical (unpaired) electrons. The molecule has 0 aliphatic rings. The Balaban J connectivity index is 4.94. The molecule has 0 aromatic rings. The minimum atomic E-state index is -4.72. The fourth-order valence-electron chi connectivity index (χ4n) is 1.29. The summed E-state index contributed by atoms with van der Waals surface area (Å²) in [6.07, 6.45) is -5.21. The molecule has 0 spiro atoms. The summed E-state index contributed by atoms with van der Waals surface area (Å²) in [6.45, 7) is 4.03. The minimum absolute atomic E-state index is 0.130. The summed E-state index contributed by atoms with van der Waals surface area (Å²) in [4.78, 5) is 9.22. The molecule has 0 saturated carbocycles. The third-order valence-corrected chi connectivity index (χ3v) is 3.50. The third-order valence-electron chi connectivity index (χ3n) is 2.41. The Kier molecular flexibility index (Phi) is 6.14. The SMILES string of the molecule is CCCOP(=O)(O)OC(CC)(CC)C(F)(F)F. The Morgan fingerprint density at radius 2 is 1.65 bits per heavy atom. The maximum absolute atomic E-state index is 12.8. The molecule has 0 rings (SSSR count). The molecule has 0 aromatic heterocycles. The standard InChI is InChI=1S/C9H18F3O4P/c1-4-7-15-17(13,14)16-8(5-2,6-3)9(10,11)12/h4-7H2,1-3H3,(H,13,14). The first-order valence-corrected chi connectivity index (χ1v) is 6.88. The van der Waals surface area contributed by atoms with Crippen LogP contribution in [0.3, 0.4) is 0 Å². The lowest BCUT2D eigenvalue weighted by atomic mass is 9.97. The largest absolute Gasteiger partial charge is 0.473 e. The summed E-state index contributed by atoms with van der Waals surface area (Å²) < 4.78 is 58.6. The van der Waals surface area contributed by atoms with Crippen LogP contribution >= 0.6 is 7.82 Å². The first-order chi connectivity index (χ1) is 7.64. The van der Waals surface area contributed by atoms with Crippen LogP contribution in [0.2, 0.25) is 0 Å². The average Bonchev–Trinajstić information content (AvgIpc) is 2.21. The molecule has 17 heavy (non-hydrogen) atoms. The summed E-state index contributed by atoms with van der Waals surface area (Å²) in [5.74, 6) is 0. The van der Waals surface area contributed by atoms with Gasteiger partial charge in [-0.05, 0) is 19.3 Å². The van der Waals surface area contributed by atoms with Crippen molar-refractivity contribution in [3.8, 4) is 0 Å². The van der Waals surface area contributed by atoms with Crippen molar-refractivity contribution in [2.75, 3.05) is 6.61 Å². The molecule has 1 atom stereocenters. The van der Waals surface area contributed by atoms with E-state index in [9.17, 15) is 22.6 Å². The smallest absolute Gasteiger partial charge is 0.302 e. The maximum Gasteiger partial charge on any atom is 0.473 e. The van der Waals surface area contributed by atoms with Crippen molar-refractivity contribution in [3.63, 3.8) is 0 Å². The number of rotatable bonds is 7. The molecular weight excluding hydrogens is 260 g/mol.